The number of H-pyrrole nitrogens is 1. The molecule has 0 saturated carbocycles. The number of hydrogen-bond donors (Lipinski definition) is 2. The van der Waals surface area contributed by atoms with Crippen LogP contribution in [0.25, 0.3) is 0 Å². The summed E-state index contributed by atoms with van der Waals surface area (Å²) in [6, 6.07) is 9.17. The highest BCUT2D eigenvalue weighted by Gasteiger charge is 2.26. The number of aliphatic hydroxyl groups excluding tert-OH is 1. The average molecular weight is 290 g/mol. The van der Waals surface area contributed by atoms with Crippen LogP contribution in [0.4, 0.5) is 5.69 Å². The Morgan fingerprint density at radius 3 is 2.71 bits per heavy atom. The Morgan fingerprint density at radius 2 is 2.10 bits per heavy atom. The lowest BCUT2D eigenvalue weighted by molar-refractivity contribution is -0.385. The van der Waals surface area contributed by atoms with E-state index < -0.39 is 10.8 Å². The molecular weight excluding hydrogens is 276 g/mol. The van der Waals surface area contributed by atoms with Crippen molar-refractivity contribution in [2.75, 3.05) is 13.2 Å². The summed E-state index contributed by atoms with van der Waals surface area (Å²) in [5, 5.41) is 25.8. The van der Waals surface area contributed by atoms with E-state index in [1.165, 1.54) is 4.90 Å². The van der Waals surface area contributed by atoms with Gasteiger partial charge in [0, 0.05) is 13.1 Å². The van der Waals surface area contributed by atoms with Crippen molar-refractivity contribution >= 4 is 11.6 Å². The van der Waals surface area contributed by atoms with E-state index in [0.29, 0.717) is 0 Å². The van der Waals surface area contributed by atoms with Crippen LogP contribution >= 0.6 is 0 Å². The number of rotatable bonds is 6. The third-order valence-corrected chi connectivity index (χ3v) is 2.90. The van der Waals surface area contributed by atoms with Crippen LogP contribution in [0, 0.1) is 10.1 Å². The predicted octanol–water partition coefficient (Wildman–Crippen LogP) is 0.953. The molecule has 110 valence electrons. The van der Waals surface area contributed by atoms with E-state index in [9.17, 15) is 14.9 Å². The van der Waals surface area contributed by atoms with E-state index in [4.69, 9.17) is 5.11 Å². The van der Waals surface area contributed by atoms with Crippen LogP contribution in [-0.2, 0) is 6.54 Å². The molecule has 1 aromatic carbocycles. The summed E-state index contributed by atoms with van der Waals surface area (Å²) in [4.78, 5) is 23.9. The number of nitro groups is 1. The quantitative estimate of drug-likeness (QED) is 0.607. The monoisotopic (exact) mass is 290 g/mol. The van der Waals surface area contributed by atoms with E-state index in [0.717, 1.165) is 11.8 Å². The zero-order chi connectivity index (χ0) is 15.2. The van der Waals surface area contributed by atoms with Crippen molar-refractivity contribution in [2.24, 2.45) is 0 Å². The van der Waals surface area contributed by atoms with Gasteiger partial charge in [-0.1, -0.05) is 30.3 Å². The van der Waals surface area contributed by atoms with Crippen LogP contribution in [0.3, 0.4) is 0 Å². The zero-order valence-corrected chi connectivity index (χ0v) is 11.1. The molecule has 0 atom stereocenters. The Balaban J connectivity index is 2.23. The molecular formula is C13H14N4O4. The maximum Gasteiger partial charge on any atom is 0.319 e. The molecule has 1 heterocycles. The molecule has 0 aliphatic heterocycles. The molecule has 2 N–H and O–H groups in total. The number of benzene rings is 1. The highest BCUT2D eigenvalue weighted by Crippen LogP contribution is 2.17. The molecule has 0 bridgehead atoms. The molecule has 8 heteroatoms. The number of aromatic amines is 1. The first-order valence-corrected chi connectivity index (χ1v) is 6.25. The molecule has 0 aliphatic carbocycles. The number of carbonyl (C=O) groups is 1. The van der Waals surface area contributed by atoms with Gasteiger partial charge in [-0.2, -0.15) is 5.10 Å². The van der Waals surface area contributed by atoms with E-state index in [-0.39, 0.29) is 31.1 Å². The Kier molecular flexibility index (Phi) is 4.62. The van der Waals surface area contributed by atoms with Crippen LogP contribution in [0.2, 0.25) is 0 Å². The number of carbonyl (C=O) groups excluding carboxylic acids is 1. The first-order valence-electron chi connectivity index (χ1n) is 6.25. The SMILES string of the molecule is O=C(c1[nH]ncc1[N+](=O)[O-])N(CCO)Cc1ccccc1. The first kappa shape index (κ1) is 14.7. The van der Waals surface area contributed by atoms with Gasteiger partial charge in [-0.05, 0) is 5.56 Å². The van der Waals surface area contributed by atoms with Crippen LogP contribution in [-0.4, -0.2) is 44.2 Å². The summed E-state index contributed by atoms with van der Waals surface area (Å²) in [5.41, 5.74) is 0.293. The van der Waals surface area contributed by atoms with Crippen molar-refractivity contribution in [3.63, 3.8) is 0 Å². The largest absolute Gasteiger partial charge is 0.395 e. The van der Waals surface area contributed by atoms with Gasteiger partial charge in [0.15, 0.2) is 0 Å². The molecule has 21 heavy (non-hydrogen) atoms. The lowest BCUT2D eigenvalue weighted by Crippen LogP contribution is -2.33. The molecule has 0 radical (unpaired) electrons. The summed E-state index contributed by atoms with van der Waals surface area (Å²) in [6.07, 6.45) is 0.993. The van der Waals surface area contributed by atoms with Gasteiger partial charge >= 0.3 is 5.69 Å². The second-order valence-corrected chi connectivity index (χ2v) is 4.32. The number of hydrogen-bond acceptors (Lipinski definition) is 5. The average Bonchev–Trinajstić information content (AvgIpc) is 2.97. The van der Waals surface area contributed by atoms with Gasteiger partial charge in [-0.25, -0.2) is 0 Å². The molecule has 1 amide bonds. The summed E-state index contributed by atoms with van der Waals surface area (Å²) in [7, 11) is 0. The lowest BCUT2D eigenvalue weighted by atomic mass is 10.2. The standard InChI is InChI=1S/C13H14N4O4/c18-7-6-16(9-10-4-2-1-3-5-10)13(19)12-11(17(20)21)8-14-15-12/h1-5,8,18H,6-7,9H2,(H,14,15). The zero-order valence-electron chi connectivity index (χ0n) is 11.1. The highest BCUT2D eigenvalue weighted by molar-refractivity contribution is 5.96. The van der Waals surface area contributed by atoms with Crippen molar-refractivity contribution in [1.82, 2.24) is 15.1 Å². The minimum Gasteiger partial charge on any atom is -0.395 e. The Hall–Kier alpha value is -2.74. The minimum absolute atomic E-state index is 0.0733. The molecule has 0 saturated heterocycles. The van der Waals surface area contributed by atoms with Gasteiger partial charge in [0.2, 0.25) is 5.69 Å². The third kappa shape index (κ3) is 3.42. The second-order valence-electron chi connectivity index (χ2n) is 4.32. The van der Waals surface area contributed by atoms with Gasteiger partial charge in [0.25, 0.3) is 5.91 Å². The maximum atomic E-state index is 12.4. The molecule has 0 unspecified atom stereocenters. The molecule has 0 fully saturated rings. The lowest BCUT2D eigenvalue weighted by Gasteiger charge is -2.20. The van der Waals surface area contributed by atoms with Crippen LogP contribution in [0.1, 0.15) is 16.1 Å². The smallest absolute Gasteiger partial charge is 0.319 e. The second kappa shape index (κ2) is 6.62. The van der Waals surface area contributed by atoms with E-state index in [1.54, 1.807) is 0 Å². The van der Waals surface area contributed by atoms with E-state index >= 15 is 0 Å². The molecule has 0 spiro atoms. The van der Waals surface area contributed by atoms with Crippen LogP contribution in [0.15, 0.2) is 36.5 Å². The van der Waals surface area contributed by atoms with E-state index in [2.05, 4.69) is 10.2 Å². The molecule has 2 rings (SSSR count). The number of amides is 1. The summed E-state index contributed by atoms with van der Waals surface area (Å²) in [6.45, 7) is 0.0841. The van der Waals surface area contributed by atoms with Crippen LogP contribution < -0.4 is 0 Å². The van der Waals surface area contributed by atoms with Crippen molar-refractivity contribution < 1.29 is 14.8 Å². The fraction of sp³-hybridized carbons (Fsp3) is 0.231. The van der Waals surface area contributed by atoms with Gasteiger partial charge < -0.3 is 10.0 Å². The summed E-state index contributed by atoms with van der Waals surface area (Å²) in [5.74, 6) is -0.572. The number of aliphatic hydroxyl groups is 1. The van der Waals surface area contributed by atoms with Gasteiger partial charge in [-0.3, -0.25) is 20.0 Å². The molecule has 0 aliphatic rings. The maximum absolute atomic E-state index is 12.4. The minimum atomic E-state index is -0.670. The fourth-order valence-corrected chi connectivity index (χ4v) is 1.91. The molecule has 8 nitrogen and oxygen atoms in total. The summed E-state index contributed by atoms with van der Waals surface area (Å²) >= 11 is 0. The number of nitrogens with one attached hydrogen (secondary N) is 1. The van der Waals surface area contributed by atoms with Crippen molar-refractivity contribution in [3.05, 3.63) is 57.9 Å². The Labute approximate surface area is 120 Å². The molecule has 2 aromatic rings. The number of aromatic nitrogens is 2. The number of nitrogens with zero attached hydrogens (tertiary/aromatic N) is 3. The highest BCUT2D eigenvalue weighted by atomic mass is 16.6. The summed E-state index contributed by atoms with van der Waals surface area (Å²) < 4.78 is 0. The van der Waals surface area contributed by atoms with Gasteiger partial charge in [0.1, 0.15) is 6.20 Å². The van der Waals surface area contributed by atoms with Crippen molar-refractivity contribution in [3.8, 4) is 0 Å². The first-order chi connectivity index (χ1) is 10.1. The van der Waals surface area contributed by atoms with Crippen LogP contribution in [0.5, 0.6) is 0 Å². The Morgan fingerprint density at radius 1 is 1.38 bits per heavy atom. The van der Waals surface area contributed by atoms with Gasteiger partial charge in [0.05, 0.1) is 11.5 Å². The fourth-order valence-electron chi connectivity index (χ4n) is 1.91. The topological polar surface area (TPSA) is 112 Å². The predicted molar refractivity (Wildman–Crippen MR) is 73.5 cm³/mol. The third-order valence-electron chi connectivity index (χ3n) is 2.90. The Bertz CT molecular complexity index is 626. The molecule has 1 aromatic heterocycles. The van der Waals surface area contributed by atoms with Crippen molar-refractivity contribution in [1.29, 1.82) is 0 Å². The normalized spacial score (nSPS) is 10.3. The van der Waals surface area contributed by atoms with E-state index in [1.807, 2.05) is 30.3 Å². The van der Waals surface area contributed by atoms with Gasteiger partial charge in [-0.15, -0.1) is 0 Å². The van der Waals surface area contributed by atoms with Crippen molar-refractivity contribution in [2.45, 2.75) is 6.54 Å².